The Morgan fingerprint density at radius 2 is 1.88 bits per heavy atom. The van der Waals surface area contributed by atoms with Gasteiger partial charge in [-0.2, -0.15) is 0 Å². The van der Waals surface area contributed by atoms with Gasteiger partial charge in [0.05, 0.1) is 0 Å². The van der Waals surface area contributed by atoms with Crippen molar-refractivity contribution in [3.63, 3.8) is 0 Å². The Balaban J connectivity index is 2.16. The van der Waals surface area contributed by atoms with E-state index in [1.54, 1.807) is 0 Å². The predicted molar refractivity (Wildman–Crippen MR) is 71.8 cm³/mol. The average Bonchev–Trinajstić information content (AvgIpc) is 2.27. The van der Waals surface area contributed by atoms with Gasteiger partial charge in [-0.15, -0.1) is 0 Å². The van der Waals surface area contributed by atoms with Crippen molar-refractivity contribution < 1.29 is 0 Å². The Bertz CT molecular complexity index is 174. The van der Waals surface area contributed by atoms with Crippen LogP contribution in [0, 0.1) is 5.92 Å². The van der Waals surface area contributed by atoms with E-state index in [4.69, 9.17) is 0 Å². The highest BCUT2D eigenvalue weighted by Gasteiger charge is 2.21. The molecule has 1 atom stereocenters. The van der Waals surface area contributed by atoms with E-state index in [2.05, 4.69) is 38.0 Å². The van der Waals surface area contributed by atoms with Crippen molar-refractivity contribution in [3.05, 3.63) is 0 Å². The fraction of sp³-hybridized carbons (Fsp3) is 1.00. The zero-order chi connectivity index (χ0) is 12.0. The van der Waals surface area contributed by atoms with Crippen LogP contribution >= 0.6 is 0 Å². The Labute approximate surface area is 102 Å². The smallest absolute Gasteiger partial charge is 0.00924 e. The molecule has 1 N–H and O–H groups in total. The number of rotatable bonds is 6. The first-order valence-electron chi connectivity index (χ1n) is 7.07. The van der Waals surface area contributed by atoms with E-state index in [9.17, 15) is 0 Å². The number of nitrogens with zero attached hydrogens (tertiary/aromatic N) is 1. The third-order valence-electron chi connectivity index (χ3n) is 4.08. The van der Waals surface area contributed by atoms with Crippen LogP contribution in [0.2, 0.25) is 0 Å². The molecule has 1 fully saturated rings. The molecule has 1 aliphatic rings. The summed E-state index contributed by atoms with van der Waals surface area (Å²) in [5, 5.41) is 3.48. The SMILES string of the molecule is CCNC(C)CCN(C)C1CCC(C)CC1. The molecule has 0 radical (unpaired) electrons. The molecular formula is C14H30N2. The van der Waals surface area contributed by atoms with Gasteiger partial charge in [0.15, 0.2) is 0 Å². The van der Waals surface area contributed by atoms with E-state index in [0.717, 1.165) is 18.5 Å². The number of hydrogen-bond acceptors (Lipinski definition) is 2. The highest BCUT2D eigenvalue weighted by atomic mass is 15.1. The first-order valence-corrected chi connectivity index (χ1v) is 7.07. The molecule has 1 rings (SSSR count). The summed E-state index contributed by atoms with van der Waals surface area (Å²) in [5.41, 5.74) is 0. The fourth-order valence-corrected chi connectivity index (χ4v) is 2.71. The summed E-state index contributed by atoms with van der Waals surface area (Å²) >= 11 is 0. The largest absolute Gasteiger partial charge is 0.314 e. The lowest BCUT2D eigenvalue weighted by molar-refractivity contribution is 0.165. The minimum absolute atomic E-state index is 0.662. The van der Waals surface area contributed by atoms with E-state index in [1.165, 1.54) is 38.6 Å². The summed E-state index contributed by atoms with van der Waals surface area (Å²) in [6.07, 6.45) is 6.95. The Kier molecular flexibility index (Phi) is 6.37. The molecule has 0 bridgehead atoms. The van der Waals surface area contributed by atoms with Gasteiger partial charge in [-0.25, -0.2) is 0 Å². The third kappa shape index (κ3) is 4.84. The molecule has 96 valence electrons. The molecule has 0 heterocycles. The van der Waals surface area contributed by atoms with Crippen molar-refractivity contribution >= 4 is 0 Å². The first-order chi connectivity index (χ1) is 7.63. The standard InChI is InChI=1S/C14H30N2/c1-5-15-13(3)10-11-16(4)14-8-6-12(2)7-9-14/h12-15H,5-11H2,1-4H3. The van der Waals surface area contributed by atoms with Gasteiger partial charge < -0.3 is 10.2 Å². The van der Waals surface area contributed by atoms with Gasteiger partial charge in [0, 0.05) is 12.1 Å². The second kappa shape index (κ2) is 7.29. The zero-order valence-electron chi connectivity index (χ0n) is 11.6. The van der Waals surface area contributed by atoms with Gasteiger partial charge in [0.1, 0.15) is 0 Å². The Morgan fingerprint density at radius 1 is 1.25 bits per heavy atom. The third-order valence-corrected chi connectivity index (χ3v) is 4.08. The van der Waals surface area contributed by atoms with Crippen LogP contribution in [0.5, 0.6) is 0 Å². The highest BCUT2D eigenvalue weighted by Crippen LogP contribution is 2.26. The molecule has 16 heavy (non-hydrogen) atoms. The molecule has 0 aromatic carbocycles. The van der Waals surface area contributed by atoms with Crippen LogP contribution < -0.4 is 5.32 Å². The summed E-state index contributed by atoms with van der Waals surface area (Å²) in [7, 11) is 2.30. The van der Waals surface area contributed by atoms with Gasteiger partial charge in [-0.3, -0.25) is 0 Å². The minimum Gasteiger partial charge on any atom is -0.314 e. The second-order valence-corrected chi connectivity index (χ2v) is 5.64. The van der Waals surface area contributed by atoms with Crippen molar-refractivity contribution in [2.75, 3.05) is 20.1 Å². The van der Waals surface area contributed by atoms with Crippen LogP contribution in [-0.2, 0) is 0 Å². The lowest BCUT2D eigenvalue weighted by atomic mass is 9.86. The van der Waals surface area contributed by atoms with Crippen molar-refractivity contribution in [3.8, 4) is 0 Å². The Morgan fingerprint density at radius 3 is 2.44 bits per heavy atom. The Hall–Kier alpha value is -0.0800. The van der Waals surface area contributed by atoms with Gasteiger partial charge in [-0.05, 0) is 65.1 Å². The molecule has 1 unspecified atom stereocenters. The van der Waals surface area contributed by atoms with Gasteiger partial charge >= 0.3 is 0 Å². The highest BCUT2D eigenvalue weighted by molar-refractivity contribution is 4.77. The summed E-state index contributed by atoms with van der Waals surface area (Å²) in [4.78, 5) is 2.58. The van der Waals surface area contributed by atoms with Crippen molar-refractivity contribution in [1.82, 2.24) is 10.2 Å². The summed E-state index contributed by atoms with van der Waals surface area (Å²) in [6.45, 7) is 9.20. The minimum atomic E-state index is 0.662. The monoisotopic (exact) mass is 226 g/mol. The molecule has 1 saturated carbocycles. The van der Waals surface area contributed by atoms with Gasteiger partial charge in [0.25, 0.3) is 0 Å². The van der Waals surface area contributed by atoms with Crippen LogP contribution in [0.4, 0.5) is 0 Å². The van der Waals surface area contributed by atoms with E-state index < -0.39 is 0 Å². The molecule has 0 aliphatic heterocycles. The normalized spacial score (nSPS) is 28.3. The second-order valence-electron chi connectivity index (χ2n) is 5.64. The van der Waals surface area contributed by atoms with Crippen LogP contribution in [-0.4, -0.2) is 37.1 Å². The molecule has 2 nitrogen and oxygen atoms in total. The van der Waals surface area contributed by atoms with E-state index in [0.29, 0.717) is 6.04 Å². The van der Waals surface area contributed by atoms with Crippen molar-refractivity contribution in [2.24, 2.45) is 5.92 Å². The number of nitrogens with one attached hydrogen (secondary N) is 1. The zero-order valence-corrected chi connectivity index (χ0v) is 11.6. The maximum Gasteiger partial charge on any atom is 0.00924 e. The van der Waals surface area contributed by atoms with E-state index in [1.807, 2.05) is 0 Å². The molecule has 1 aliphatic carbocycles. The maximum absolute atomic E-state index is 3.48. The van der Waals surface area contributed by atoms with Crippen molar-refractivity contribution in [2.45, 2.75) is 65.0 Å². The van der Waals surface area contributed by atoms with Crippen LogP contribution in [0.25, 0.3) is 0 Å². The topological polar surface area (TPSA) is 15.3 Å². The molecule has 0 aromatic heterocycles. The van der Waals surface area contributed by atoms with Gasteiger partial charge in [-0.1, -0.05) is 13.8 Å². The molecule has 0 amide bonds. The molecular weight excluding hydrogens is 196 g/mol. The fourth-order valence-electron chi connectivity index (χ4n) is 2.71. The molecule has 2 heteroatoms. The van der Waals surface area contributed by atoms with E-state index >= 15 is 0 Å². The van der Waals surface area contributed by atoms with Gasteiger partial charge in [0.2, 0.25) is 0 Å². The predicted octanol–water partition coefficient (Wildman–Crippen LogP) is 2.89. The van der Waals surface area contributed by atoms with E-state index in [-0.39, 0.29) is 0 Å². The first kappa shape index (κ1) is 14.0. The molecule has 0 aromatic rings. The molecule has 0 saturated heterocycles. The average molecular weight is 226 g/mol. The maximum atomic E-state index is 3.48. The summed E-state index contributed by atoms with van der Waals surface area (Å²) < 4.78 is 0. The lowest BCUT2D eigenvalue weighted by Crippen LogP contribution is -2.38. The van der Waals surface area contributed by atoms with Crippen LogP contribution in [0.15, 0.2) is 0 Å². The quantitative estimate of drug-likeness (QED) is 0.749. The number of hydrogen-bond donors (Lipinski definition) is 1. The summed E-state index contributed by atoms with van der Waals surface area (Å²) in [6, 6.07) is 1.51. The lowest BCUT2D eigenvalue weighted by Gasteiger charge is -2.34. The van der Waals surface area contributed by atoms with Crippen LogP contribution in [0.3, 0.4) is 0 Å². The summed E-state index contributed by atoms with van der Waals surface area (Å²) in [5.74, 6) is 0.963. The van der Waals surface area contributed by atoms with Crippen LogP contribution in [0.1, 0.15) is 52.9 Å². The molecule has 0 spiro atoms. The van der Waals surface area contributed by atoms with Crippen molar-refractivity contribution in [1.29, 1.82) is 0 Å².